The minimum atomic E-state index is -0.535. The lowest BCUT2D eigenvalue weighted by molar-refractivity contribution is -0.139. The van der Waals surface area contributed by atoms with E-state index in [0.29, 0.717) is 24.5 Å². The Morgan fingerprint density at radius 3 is 2.09 bits per heavy atom. The Balaban J connectivity index is 2.46. The zero-order valence-corrected chi connectivity index (χ0v) is 20.8. The van der Waals surface area contributed by atoms with Gasteiger partial charge in [-0.05, 0) is 83.6 Å². The Morgan fingerprint density at radius 2 is 1.52 bits per heavy atom. The molecule has 0 fully saturated rings. The lowest BCUT2D eigenvalue weighted by Crippen LogP contribution is -2.08. The molecule has 182 valence electrons. The highest BCUT2D eigenvalue weighted by Crippen LogP contribution is 2.28. The molecule has 0 saturated heterocycles. The number of esters is 2. The first kappa shape index (κ1) is 28.0. The number of benzene rings is 1. The van der Waals surface area contributed by atoms with Gasteiger partial charge in [-0.3, -0.25) is 4.79 Å². The molecule has 0 aliphatic carbocycles. The van der Waals surface area contributed by atoms with E-state index in [4.69, 9.17) is 14.2 Å². The summed E-state index contributed by atoms with van der Waals surface area (Å²) in [5, 5.41) is 10.2. The third-order valence-electron chi connectivity index (χ3n) is 5.02. The minimum Gasteiger partial charge on any atom is -0.507 e. The van der Waals surface area contributed by atoms with Crippen molar-refractivity contribution in [3.63, 3.8) is 0 Å². The number of ether oxygens (including phenoxy) is 3. The van der Waals surface area contributed by atoms with Crippen LogP contribution in [0.15, 0.2) is 47.1 Å². The molecule has 1 rings (SSSR count). The number of rotatable bonds is 13. The molecule has 0 unspecified atom stereocenters. The predicted octanol–water partition coefficient (Wildman–Crippen LogP) is 6.22. The second-order valence-corrected chi connectivity index (χ2v) is 8.17. The Bertz CT molecular complexity index is 869. The maximum Gasteiger partial charge on any atom is 0.342 e. The van der Waals surface area contributed by atoms with Gasteiger partial charge in [0.2, 0.25) is 0 Å². The molecule has 0 spiro atoms. The Kier molecular flexibility index (Phi) is 12.7. The molecule has 1 aromatic rings. The average molecular weight is 459 g/mol. The van der Waals surface area contributed by atoms with Crippen LogP contribution in [0.4, 0.5) is 0 Å². The number of hydrogen-bond acceptors (Lipinski definition) is 6. The van der Waals surface area contributed by atoms with Crippen LogP contribution in [0.1, 0.15) is 76.2 Å². The van der Waals surface area contributed by atoms with E-state index in [2.05, 4.69) is 19.1 Å². The number of phenolic OH excluding ortho intramolecular Hbond substituents is 1. The zero-order chi connectivity index (χ0) is 24.8. The van der Waals surface area contributed by atoms with Crippen LogP contribution in [0, 0.1) is 6.92 Å². The maximum absolute atomic E-state index is 11.9. The number of aromatic hydroxyl groups is 1. The van der Waals surface area contributed by atoms with E-state index >= 15 is 0 Å². The highest BCUT2D eigenvalue weighted by molar-refractivity contribution is 5.94. The number of carbonyl (C=O) groups excluding carboxylic acids is 2. The van der Waals surface area contributed by atoms with Crippen LogP contribution in [0.5, 0.6) is 11.5 Å². The van der Waals surface area contributed by atoms with Crippen molar-refractivity contribution in [2.24, 2.45) is 0 Å². The van der Waals surface area contributed by atoms with E-state index in [9.17, 15) is 14.7 Å². The van der Waals surface area contributed by atoms with Crippen LogP contribution in [0.3, 0.4) is 0 Å². The highest BCUT2D eigenvalue weighted by Gasteiger charge is 2.17. The quantitative estimate of drug-likeness (QED) is 0.279. The minimum absolute atomic E-state index is 0.137. The topological polar surface area (TPSA) is 82.1 Å². The fourth-order valence-electron chi connectivity index (χ4n) is 3.14. The monoisotopic (exact) mass is 458 g/mol. The van der Waals surface area contributed by atoms with E-state index < -0.39 is 5.97 Å². The van der Waals surface area contributed by atoms with E-state index in [1.54, 1.807) is 19.9 Å². The number of phenols is 1. The summed E-state index contributed by atoms with van der Waals surface area (Å²) in [7, 11) is 0. The summed E-state index contributed by atoms with van der Waals surface area (Å²) in [6.07, 6.45) is 10.2. The van der Waals surface area contributed by atoms with Gasteiger partial charge < -0.3 is 19.3 Å². The Labute approximate surface area is 197 Å². The molecule has 6 nitrogen and oxygen atoms in total. The summed E-state index contributed by atoms with van der Waals surface area (Å²) in [4.78, 5) is 22.7. The third kappa shape index (κ3) is 11.4. The molecule has 6 heteroatoms. The molecule has 33 heavy (non-hydrogen) atoms. The highest BCUT2D eigenvalue weighted by atomic mass is 16.5. The van der Waals surface area contributed by atoms with Crippen LogP contribution in [-0.2, 0) is 14.3 Å². The van der Waals surface area contributed by atoms with Gasteiger partial charge in [-0.2, -0.15) is 0 Å². The van der Waals surface area contributed by atoms with Crippen LogP contribution >= 0.6 is 0 Å². The van der Waals surface area contributed by atoms with Crippen molar-refractivity contribution in [2.45, 2.75) is 67.2 Å². The normalized spacial score (nSPS) is 12.5. The lowest BCUT2D eigenvalue weighted by Gasteiger charge is -2.12. The molecule has 0 aliphatic heterocycles. The molecular formula is C27H38O6. The van der Waals surface area contributed by atoms with Crippen molar-refractivity contribution in [3.05, 3.63) is 58.2 Å². The standard InChI is InChI=1S/C27H38O6/c1-7-31-27(30)26-22(5)16-24(17-25(26)29)33-18-21(4)13-9-11-19(2)10-8-12-20(3)14-15-32-23(6)28/h10,13-14,16-17,29H,7-9,11-12,15,18H2,1-6H3/b19-10+,20-14+,21-13+. The van der Waals surface area contributed by atoms with Crippen molar-refractivity contribution in [1.82, 2.24) is 0 Å². The summed E-state index contributed by atoms with van der Waals surface area (Å²) in [6, 6.07) is 3.18. The molecule has 0 aliphatic rings. The molecule has 1 aromatic carbocycles. The summed E-state index contributed by atoms with van der Waals surface area (Å²) < 4.78 is 15.7. The average Bonchev–Trinajstić information content (AvgIpc) is 2.71. The molecule has 0 bridgehead atoms. The number of aryl methyl sites for hydroxylation is 1. The molecule has 0 amide bonds. The van der Waals surface area contributed by atoms with E-state index in [-0.39, 0.29) is 23.9 Å². The van der Waals surface area contributed by atoms with Crippen molar-refractivity contribution < 1.29 is 28.9 Å². The lowest BCUT2D eigenvalue weighted by atomic mass is 10.1. The molecule has 0 saturated carbocycles. The number of hydrogen-bond donors (Lipinski definition) is 1. The van der Waals surface area contributed by atoms with Crippen LogP contribution in [0.25, 0.3) is 0 Å². The first-order valence-corrected chi connectivity index (χ1v) is 11.4. The Morgan fingerprint density at radius 1 is 0.909 bits per heavy atom. The van der Waals surface area contributed by atoms with E-state index in [1.165, 1.54) is 24.1 Å². The molecule has 1 N–H and O–H groups in total. The number of allylic oxidation sites excluding steroid dienone is 4. The van der Waals surface area contributed by atoms with E-state index in [0.717, 1.165) is 31.3 Å². The van der Waals surface area contributed by atoms with Gasteiger partial charge >= 0.3 is 11.9 Å². The second-order valence-electron chi connectivity index (χ2n) is 8.17. The van der Waals surface area contributed by atoms with Crippen molar-refractivity contribution in [1.29, 1.82) is 0 Å². The zero-order valence-electron chi connectivity index (χ0n) is 20.8. The first-order chi connectivity index (χ1) is 15.6. The van der Waals surface area contributed by atoms with Gasteiger partial charge in [-0.1, -0.05) is 23.3 Å². The van der Waals surface area contributed by atoms with Gasteiger partial charge in [0.05, 0.1) is 6.61 Å². The van der Waals surface area contributed by atoms with Crippen LogP contribution in [0.2, 0.25) is 0 Å². The van der Waals surface area contributed by atoms with Crippen molar-refractivity contribution in [3.8, 4) is 11.5 Å². The number of carbonyl (C=O) groups is 2. The molecule has 0 heterocycles. The predicted molar refractivity (Wildman–Crippen MR) is 131 cm³/mol. The first-order valence-electron chi connectivity index (χ1n) is 11.4. The van der Waals surface area contributed by atoms with Gasteiger partial charge in [-0.25, -0.2) is 4.79 Å². The summed E-state index contributed by atoms with van der Waals surface area (Å²) in [5.74, 6) is -0.420. The van der Waals surface area contributed by atoms with Crippen LogP contribution < -0.4 is 4.74 Å². The third-order valence-corrected chi connectivity index (χ3v) is 5.02. The smallest absolute Gasteiger partial charge is 0.342 e. The Hall–Kier alpha value is -3.02. The van der Waals surface area contributed by atoms with Gasteiger partial charge in [0.15, 0.2) is 0 Å². The van der Waals surface area contributed by atoms with E-state index in [1.807, 2.05) is 19.9 Å². The molecule has 0 radical (unpaired) electrons. The van der Waals surface area contributed by atoms with Crippen molar-refractivity contribution in [2.75, 3.05) is 19.8 Å². The summed E-state index contributed by atoms with van der Waals surface area (Å²) in [5.41, 5.74) is 4.43. The molecule has 0 atom stereocenters. The van der Waals surface area contributed by atoms with Gasteiger partial charge in [-0.15, -0.1) is 0 Å². The van der Waals surface area contributed by atoms with Gasteiger partial charge in [0.1, 0.15) is 30.3 Å². The fraction of sp³-hybridized carbons (Fsp3) is 0.481. The molecular weight excluding hydrogens is 420 g/mol. The molecule has 0 aromatic heterocycles. The van der Waals surface area contributed by atoms with Gasteiger partial charge in [0, 0.05) is 13.0 Å². The maximum atomic E-state index is 11.9. The van der Waals surface area contributed by atoms with Crippen LogP contribution in [-0.4, -0.2) is 36.9 Å². The van der Waals surface area contributed by atoms with Gasteiger partial charge in [0.25, 0.3) is 0 Å². The largest absolute Gasteiger partial charge is 0.507 e. The van der Waals surface area contributed by atoms with Crippen molar-refractivity contribution >= 4 is 11.9 Å². The second kappa shape index (κ2) is 14.9. The summed E-state index contributed by atoms with van der Waals surface area (Å²) >= 11 is 0. The fourth-order valence-corrected chi connectivity index (χ4v) is 3.14. The SMILES string of the molecule is CCOC(=O)c1c(C)cc(OC/C(C)=C/CC/C(C)=C/CC/C(C)=C/COC(C)=O)cc1O. The summed E-state index contributed by atoms with van der Waals surface area (Å²) in [6.45, 7) is 12.1.